The van der Waals surface area contributed by atoms with Gasteiger partial charge in [-0.15, -0.1) is 0 Å². The van der Waals surface area contributed by atoms with Gasteiger partial charge in [0.25, 0.3) is 0 Å². The van der Waals surface area contributed by atoms with Gasteiger partial charge in [0.05, 0.1) is 6.54 Å². The molecular weight excluding hydrogens is 278 g/mol. The Morgan fingerprint density at radius 2 is 2.05 bits per heavy atom. The van der Waals surface area contributed by atoms with Crippen LogP contribution in [-0.2, 0) is 9.59 Å². The lowest BCUT2D eigenvalue weighted by atomic mass is 10.1. The Bertz CT molecular complexity index is 569. The summed E-state index contributed by atoms with van der Waals surface area (Å²) in [5, 5.41) is 0. The minimum atomic E-state index is -0.320. The summed E-state index contributed by atoms with van der Waals surface area (Å²) in [6, 6.07) is 8.03. The molecule has 1 fully saturated rings. The van der Waals surface area contributed by atoms with E-state index < -0.39 is 0 Å². The molecule has 118 valence electrons. The molecule has 5 heteroatoms. The van der Waals surface area contributed by atoms with E-state index in [9.17, 15) is 9.59 Å². The summed E-state index contributed by atoms with van der Waals surface area (Å²) in [7, 11) is 0. The van der Waals surface area contributed by atoms with Gasteiger partial charge in [0, 0.05) is 32.3 Å². The molecule has 2 rings (SSSR count). The number of rotatable bonds is 4. The number of nitrogens with two attached hydrogens (primary N) is 1. The van der Waals surface area contributed by atoms with E-state index in [0.717, 1.165) is 18.5 Å². The summed E-state index contributed by atoms with van der Waals surface area (Å²) in [6.07, 6.45) is 4.33. The average Bonchev–Trinajstić information content (AvgIpc) is 2.70. The highest BCUT2D eigenvalue weighted by molar-refractivity contribution is 5.91. The molecule has 0 radical (unpaired) electrons. The van der Waals surface area contributed by atoms with Gasteiger partial charge in [-0.2, -0.15) is 0 Å². The molecule has 1 heterocycles. The van der Waals surface area contributed by atoms with Gasteiger partial charge < -0.3 is 10.6 Å². The van der Waals surface area contributed by atoms with Gasteiger partial charge in [-0.25, -0.2) is 0 Å². The first-order valence-electron chi connectivity index (χ1n) is 7.59. The molecule has 0 aromatic heterocycles. The van der Waals surface area contributed by atoms with Crippen molar-refractivity contribution in [3.63, 3.8) is 0 Å². The van der Waals surface area contributed by atoms with E-state index in [2.05, 4.69) is 0 Å². The third-order valence-corrected chi connectivity index (χ3v) is 3.74. The first kappa shape index (κ1) is 16.2. The van der Waals surface area contributed by atoms with Crippen LogP contribution in [0.4, 0.5) is 0 Å². The van der Waals surface area contributed by atoms with E-state index in [4.69, 9.17) is 5.73 Å². The first-order valence-corrected chi connectivity index (χ1v) is 7.59. The second kappa shape index (κ2) is 7.75. The summed E-state index contributed by atoms with van der Waals surface area (Å²) in [5.41, 5.74) is 7.42. The zero-order valence-corrected chi connectivity index (χ0v) is 13.0. The number of hydrogen-bond donors (Lipinski definition) is 1. The molecule has 0 aliphatic carbocycles. The number of benzene rings is 1. The van der Waals surface area contributed by atoms with Crippen LogP contribution in [0, 0.1) is 6.92 Å². The quantitative estimate of drug-likeness (QED) is 0.845. The zero-order valence-electron chi connectivity index (χ0n) is 13.0. The van der Waals surface area contributed by atoms with Crippen molar-refractivity contribution < 1.29 is 9.59 Å². The van der Waals surface area contributed by atoms with E-state index in [-0.39, 0.29) is 18.4 Å². The number of hydrogen-bond acceptors (Lipinski definition) is 3. The van der Waals surface area contributed by atoms with Crippen LogP contribution in [0.3, 0.4) is 0 Å². The van der Waals surface area contributed by atoms with E-state index in [1.165, 1.54) is 5.56 Å². The number of carbonyl (C=O) groups excluding carboxylic acids is 2. The van der Waals surface area contributed by atoms with Crippen molar-refractivity contribution in [2.24, 2.45) is 5.73 Å². The highest BCUT2D eigenvalue weighted by Crippen LogP contribution is 2.08. The number of amides is 2. The topological polar surface area (TPSA) is 66.6 Å². The molecule has 1 aromatic carbocycles. The molecule has 1 aliphatic heterocycles. The Labute approximate surface area is 131 Å². The predicted octanol–water partition coefficient (Wildman–Crippen LogP) is 1.03. The lowest BCUT2D eigenvalue weighted by Gasteiger charge is -2.19. The smallest absolute Gasteiger partial charge is 0.246 e. The Balaban J connectivity index is 1.91. The summed E-state index contributed by atoms with van der Waals surface area (Å²) in [5.74, 6) is -0.304. The van der Waals surface area contributed by atoms with Crippen LogP contribution >= 0.6 is 0 Å². The summed E-state index contributed by atoms with van der Waals surface area (Å²) in [6.45, 7) is 5.13. The van der Waals surface area contributed by atoms with Gasteiger partial charge in [-0.1, -0.05) is 29.8 Å². The Kier molecular flexibility index (Phi) is 5.72. The van der Waals surface area contributed by atoms with Crippen molar-refractivity contribution in [2.45, 2.75) is 13.3 Å². The molecule has 0 bridgehead atoms. The highest BCUT2D eigenvalue weighted by atomic mass is 16.2. The van der Waals surface area contributed by atoms with Crippen molar-refractivity contribution in [1.82, 2.24) is 9.80 Å². The minimum Gasteiger partial charge on any atom is -0.369 e. The van der Waals surface area contributed by atoms with Gasteiger partial charge in [0.2, 0.25) is 11.8 Å². The van der Waals surface area contributed by atoms with Crippen molar-refractivity contribution in [3.8, 4) is 0 Å². The molecule has 5 nitrogen and oxygen atoms in total. The first-order chi connectivity index (χ1) is 10.5. The molecular formula is C17H23N3O2. The Morgan fingerprint density at radius 3 is 2.77 bits per heavy atom. The van der Waals surface area contributed by atoms with Crippen LogP contribution in [0.5, 0.6) is 0 Å². The second-order valence-electron chi connectivity index (χ2n) is 5.67. The van der Waals surface area contributed by atoms with Gasteiger partial charge in [-0.05, 0) is 25.0 Å². The van der Waals surface area contributed by atoms with Crippen molar-refractivity contribution in [2.75, 3.05) is 32.7 Å². The SMILES string of the molecule is Cc1cccc(C=CC(=O)N2CCCN(CC(N)=O)CC2)c1. The molecule has 1 aromatic rings. The Morgan fingerprint density at radius 1 is 1.23 bits per heavy atom. The van der Waals surface area contributed by atoms with Gasteiger partial charge in [0.1, 0.15) is 0 Å². The highest BCUT2D eigenvalue weighted by Gasteiger charge is 2.18. The number of primary amides is 1. The van der Waals surface area contributed by atoms with E-state index in [1.807, 2.05) is 47.1 Å². The maximum Gasteiger partial charge on any atom is 0.246 e. The van der Waals surface area contributed by atoms with E-state index >= 15 is 0 Å². The van der Waals surface area contributed by atoms with Crippen LogP contribution in [0.1, 0.15) is 17.5 Å². The third kappa shape index (κ3) is 5.00. The Hall–Kier alpha value is -2.14. The molecule has 1 aliphatic rings. The number of nitrogens with zero attached hydrogens (tertiary/aromatic N) is 2. The summed E-state index contributed by atoms with van der Waals surface area (Å²) in [4.78, 5) is 27.1. The molecule has 2 amide bonds. The summed E-state index contributed by atoms with van der Waals surface area (Å²) >= 11 is 0. The molecule has 1 saturated heterocycles. The monoisotopic (exact) mass is 301 g/mol. The molecule has 0 saturated carbocycles. The molecule has 2 N–H and O–H groups in total. The van der Waals surface area contributed by atoms with Crippen molar-refractivity contribution >= 4 is 17.9 Å². The fraction of sp³-hybridized carbons (Fsp3) is 0.412. The second-order valence-corrected chi connectivity index (χ2v) is 5.67. The maximum absolute atomic E-state index is 12.3. The lowest BCUT2D eigenvalue weighted by Crippen LogP contribution is -2.37. The van der Waals surface area contributed by atoms with E-state index in [0.29, 0.717) is 19.6 Å². The third-order valence-electron chi connectivity index (χ3n) is 3.74. The van der Waals surface area contributed by atoms with Crippen molar-refractivity contribution in [3.05, 3.63) is 41.5 Å². The fourth-order valence-corrected chi connectivity index (χ4v) is 2.62. The fourth-order valence-electron chi connectivity index (χ4n) is 2.62. The molecule has 0 unspecified atom stereocenters. The average molecular weight is 301 g/mol. The maximum atomic E-state index is 12.3. The predicted molar refractivity (Wildman–Crippen MR) is 87.0 cm³/mol. The van der Waals surface area contributed by atoms with Gasteiger partial charge in [-0.3, -0.25) is 14.5 Å². The van der Waals surface area contributed by atoms with Crippen LogP contribution < -0.4 is 5.73 Å². The van der Waals surface area contributed by atoms with Gasteiger partial charge >= 0.3 is 0 Å². The van der Waals surface area contributed by atoms with E-state index in [1.54, 1.807) is 6.08 Å². The molecule has 0 atom stereocenters. The number of aryl methyl sites for hydroxylation is 1. The zero-order chi connectivity index (χ0) is 15.9. The van der Waals surface area contributed by atoms with Crippen LogP contribution in [-0.4, -0.2) is 54.3 Å². The standard InChI is InChI=1S/C17H23N3O2/c1-14-4-2-5-15(12-14)6-7-17(22)20-9-3-8-19(10-11-20)13-16(18)21/h2,4-7,12H,3,8-11,13H2,1H3,(H2,18,21). The minimum absolute atomic E-state index is 0.0161. The lowest BCUT2D eigenvalue weighted by molar-refractivity contribution is -0.125. The largest absolute Gasteiger partial charge is 0.369 e. The summed E-state index contributed by atoms with van der Waals surface area (Å²) < 4.78 is 0. The normalized spacial score (nSPS) is 16.7. The van der Waals surface area contributed by atoms with Crippen LogP contribution in [0.15, 0.2) is 30.3 Å². The van der Waals surface area contributed by atoms with Crippen molar-refractivity contribution in [1.29, 1.82) is 0 Å². The number of carbonyl (C=O) groups is 2. The molecule has 0 spiro atoms. The van der Waals surface area contributed by atoms with Gasteiger partial charge in [0.15, 0.2) is 0 Å². The van der Waals surface area contributed by atoms with Crippen LogP contribution in [0.25, 0.3) is 6.08 Å². The van der Waals surface area contributed by atoms with Crippen LogP contribution in [0.2, 0.25) is 0 Å². The molecule has 22 heavy (non-hydrogen) atoms.